The van der Waals surface area contributed by atoms with Crippen LogP contribution in [0.5, 0.6) is 0 Å². The maximum absolute atomic E-state index is 6.89. The molecule has 0 fully saturated rings. The third kappa shape index (κ3) is 11.6. The van der Waals surface area contributed by atoms with Crippen LogP contribution in [0.1, 0.15) is 50.7 Å². The number of para-hydroxylation sites is 6. The first-order valence-corrected chi connectivity index (χ1v) is 43.0. The number of benzene rings is 20. The van der Waals surface area contributed by atoms with Crippen molar-refractivity contribution in [1.29, 1.82) is 0 Å². The predicted octanol–water partition coefficient (Wildman–Crippen LogP) is 34.4. The summed E-state index contributed by atoms with van der Waals surface area (Å²) < 4.78 is 19.0. The standard InChI is InChI=1S/C60H46N2O2.C52H32N2S2/c1-37(2)39-19-13-21-43(33-39)61(53-29-15-27-49-47-25-9-11-31-55(47)63-59(49)53)57-45-23-7-5-17-41(45)36-52-51(57)35-42-18-6-8-24-46(42)58(52)62(44-22-14-20-40(34-44)38(3)4)54-30-16-28-50-48-26-10-12-32-56(48)64-60(50)54;1-3-11-35(12-4-1)53(37-23-29-49-43(31-37)39-15-7-9-17-47(39)55-49)45-27-21-33-20-26-42-46(28-22-34-19-25-41(45)51(33)52(34)42)54(36-13-5-2-6-14-36)38-24-30-50-44(32-38)40-16-8-10-18-48(40)56-50/h5-38H,1-4H3;1-32H. The molecule has 0 radical (unpaired) electrons. The van der Waals surface area contributed by atoms with Crippen molar-refractivity contribution in [2.24, 2.45) is 0 Å². The van der Waals surface area contributed by atoms with Gasteiger partial charge >= 0.3 is 0 Å². The lowest BCUT2D eigenvalue weighted by atomic mass is 9.91. The average molecular weight is 1580 g/mol. The Balaban J connectivity index is 0.000000141. The zero-order valence-electron chi connectivity index (χ0n) is 66.5. The molecule has 0 amide bonds. The van der Waals surface area contributed by atoms with Crippen LogP contribution >= 0.6 is 22.7 Å². The minimum absolute atomic E-state index is 0.333. The summed E-state index contributed by atoms with van der Waals surface area (Å²) in [4.78, 5) is 9.80. The highest BCUT2D eigenvalue weighted by Gasteiger charge is 2.31. The number of fused-ring (bicyclic) bond motifs is 15. The van der Waals surface area contributed by atoms with Crippen molar-refractivity contribution < 1.29 is 8.83 Å². The number of hydrogen-bond donors (Lipinski definition) is 0. The second kappa shape index (κ2) is 28.7. The minimum atomic E-state index is 0.333. The maximum atomic E-state index is 6.89. The van der Waals surface area contributed by atoms with E-state index in [0.717, 1.165) is 144 Å². The zero-order valence-corrected chi connectivity index (χ0v) is 68.2. The lowest BCUT2D eigenvalue weighted by Crippen LogP contribution is -2.14. The van der Waals surface area contributed by atoms with E-state index in [1.54, 1.807) is 0 Å². The topological polar surface area (TPSA) is 39.2 Å². The highest BCUT2D eigenvalue weighted by Crippen LogP contribution is 2.56. The molecule has 0 saturated heterocycles. The van der Waals surface area contributed by atoms with Gasteiger partial charge in [-0.1, -0.05) is 270 Å². The summed E-state index contributed by atoms with van der Waals surface area (Å²) in [6, 6.07) is 142. The third-order valence-electron chi connectivity index (χ3n) is 24.5. The summed E-state index contributed by atoms with van der Waals surface area (Å²) in [5.41, 5.74) is 19.2. The molecule has 0 saturated carbocycles. The van der Waals surface area contributed by atoms with Gasteiger partial charge in [-0.05, 0) is 201 Å². The molecule has 0 aliphatic carbocycles. The third-order valence-corrected chi connectivity index (χ3v) is 26.8. The van der Waals surface area contributed by atoms with E-state index in [1.165, 1.54) is 83.8 Å². The van der Waals surface area contributed by atoms with Crippen molar-refractivity contribution in [2.45, 2.75) is 39.5 Å². The molecule has 120 heavy (non-hydrogen) atoms. The van der Waals surface area contributed by atoms with Gasteiger partial charge in [-0.25, -0.2) is 0 Å². The van der Waals surface area contributed by atoms with Gasteiger partial charge in [0.1, 0.15) is 11.2 Å². The van der Waals surface area contributed by atoms with Crippen molar-refractivity contribution in [3.63, 3.8) is 0 Å². The van der Waals surface area contributed by atoms with Crippen LogP contribution in [0.25, 0.3) is 149 Å². The molecule has 0 aliphatic heterocycles. The molecule has 0 bridgehead atoms. The number of furan rings is 2. The highest BCUT2D eigenvalue weighted by atomic mass is 32.1. The van der Waals surface area contributed by atoms with Gasteiger partial charge in [0, 0.05) is 128 Å². The number of anilines is 12. The molecule has 4 heterocycles. The number of thiophene rings is 2. The Morgan fingerprint density at radius 2 is 0.558 bits per heavy atom. The molecule has 6 nitrogen and oxygen atoms in total. The number of rotatable bonds is 14. The van der Waals surface area contributed by atoms with Gasteiger partial charge in [-0.15, -0.1) is 22.7 Å². The lowest BCUT2D eigenvalue weighted by molar-refractivity contribution is 0.668. The Morgan fingerprint density at radius 3 is 1.00 bits per heavy atom. The van der Waals surface area contributed by atoms with Gasteiger partial charge in [0.2, 0.25) is 0 Å². The monoisotopic (exact) mass is 1570 g/mol. The molecule has 4 aromatic heterocycles. The quantitative estimate of drug-likeness (QED) is 0.0798. The van der Waals surface area contributed by atoms with E-state index in [9.17, 15) is 0 Å². The summed E-state index contributed by atoms with van der Waals surface area (Å²) in [5, 5.41) is 23.9. The smallest absolute Gasteiger partial charge is 0.159 e. The summed E-state index contributed by atoms with van der Waals surface area (Å²) >= 11 is 3.72. The van der Waals surface area contributed by atoms with Gasteiger partial charge in [-0.2, -0.15) is 0 Å². The van der Waals surface area contributed by atoms with Gasteiger partial charge in [0.25, 0.3) is 0 Å². The molecule has 24 aromatic rings. The van der Waals surface area contributed by atoms with Crippen LogP contribution in [0.4, 0.5) is 68.2 Å². The molecular formula is C112H78N4O2S2. The summed E-state index contributed by atoms with van der Waals surface area (Å²) in [7, 11) is 0. The SMILES string of the molecule is CC(C)c1cccc(N(c2c3ccccc3cc3c(N(c4cccc(C(C)C)c4)c4cccc5c4oc4ccccc45)c4ccccc4cc23)c2cccc3c2oc2ccccc23)c1.c1ccc(N(c2ccc3sc4ccccc4c3c2)c2ccc3ccc4c(N(c5ccccc5)c5ccc6sc7ccccc7c6c5)ccc5ccc2c3c54)cc1. The Bertz CT molecular complexity index is 7700. The molecule has 0 atom stereocenters. The normalized spacial score (nSPS) is 12.0. The van der Waals surface area contributed by atoms with E-state index in [0.29, 0.717) is 11.8 Å². The molecule has 8 heteroatoms. The molecule has 0 N–H and O–H groups in total. The van der Waals surface area contributed by atoms with Crippen molar-refractivity contribution in [3.8, 4) is 0 Å². The fraction of sp³-hybridized carbons (Fsp3) is 0.0536. The lowest BCUT2D eigenvalue weighted by Gasteiger charge is -2.32. The number of nitrogens with zero attached hydrogens (tertiary/aromatic N) is 4. The molecule has 0 aliphatic rings. The van der Waals surface area contributed by atoms with E-state index >= 15 is 0 Å². The molecular weight excluding hydrogens is 1500 g/mol. The highest BCUT2D eigenvalue weighted by molar-refractivity contribution is 7.26. The Hall–Kier alpha value is -14.5. The van der Waals surface area contributed by atoms with Crippen molar-refractivity contribution in [1.82, 2.24) is 0 Å². The predicted molar refractivity (Wildman–Crippen MR) is 516 cm³/mol. The second-order valence-electron chi connectivity index (χ2n) is 32.2. The summed E-state index contributed by atoms with van der Waals surface area (Å²) in [6.07, 6.45) is 0. The van der Waals surface area contributed by atoms with E-state index < -0.39 is 0 Å². The Morgan fingerprint density at radius 1 is 0.208 bits per heavy atom. The second-order valence-corrected chi connectivity index (χ2v) is 34.3. The molecule has 570 valence electrons. The molecule has 24 rings (SSSR count). The van der Waals surface area contributed by atoms with Crippen LogP contribution in [-0.4, -0.2) is 0 Å². The van der Waals surface area contributed by atoms with E-state index in [4.69, 9.17) is 8.83 Å². The van der Waals surface area contributed by atoms with Gasteiger partial charge < -0.3 is 28.4 Å². The summed E-state index contributed by atoms with van der Waals surface area (Å²) in [6.45, 7) is 9.06. The van der Waals surface area contributed by atoms with Crippen LogP contribution in [0.3, 0.4) is 0 Å². The van der Waals surface area contributed by atoms with Crippen LogP contribution in [0, 0.1) is 0 Å². The first-order valence-electron chi connectivity index (χ1n) is 41.4. The van der Waals surface area contributed by atoms with Crippen LogP contribution in [-0.2, 0) is 0 Å². The average Bonchev–Trinajstić information content (AvgIpc) is 1.21. The largest absolute Gasteiger partial charge is 0.454 e. The Kier molecular flexibility index (Phi) is 16.9. The van der Waals surface area contributed by atoms with E-state index in [-0.39, 0.29) is 0 Å². The molecule has 0 unspecified atom stereocenters. The van der Waals surface area contributed by atoms with Crippen LogP contribution in [0.2, 0.25) is 0 Å². The molecule has 0 spiro atoms. The van der Waals surface area contributed by atoms with Crippen molar-refractivity contribution >= 4 is 240 Å². The summed E-state index contributed by atoms with van der Waals surface area (Å²) in [5.74, 6) is 0.666. The Labute approximate surface area is 702 Å². The van der Waals surface area contributed by atoms with Gasteiger partial charge in [0.05, 0.1) is 34.1 Å². The maximum Gasteiger partial charge on any atom is 0.159 e. The van der Waals surface area contributed by atoms with E-state index in [1.807, 2.05) is 34.8 Å². The zero-order chi connectivity index (χ0) is 79.8. The number of hydrogen-bond acceptors (Lipinski definition) is 8. The van der Waals surface area contributed by atoms with Crippen molar-refractivity contribution in [2.75, 3.05) is 19.6 Å². The van der Waals surface area contributed by atoms with Gasteiger partial charge in [-0.3, -0.25) is 0 Å². The van der Waals surface area contributed by atoms with Crippen LogP contribution < -0.4 is 19.6 Å². The van der Waals surface area contributed by atoms with Crippen molar-refractivity contribution in [3.05, 3.63) is 399 Å². The van der Waals surface area contributed by atoms with Gasteiger partial charge in [0.15, 0.2) is 11.2 Å². The first-order chi connectivity index (χ1) is 59.2. The van der Waals surface area contributed by atoms with Crippen LogP contribution in [0.15, 0.2) is 397 Å². The minimum Gasteiger partial charge on any atom is -0.454 e. The first kappa shape index (κ1) is 70.8. The molecule has 20 aromatic carbocycles. The van der Waals surface area contributed by atoms with E-state index in [2.05, 4.69) is 423 Å². The fourth-order valence-corrected chi connectivity index (χ4v) is 21.0. The fourth-order valence-electron chi connectivity index (χ4n) is 18.8.